The van der Waals surface area contributed by atoms with Gasteiger partial charge >= 0.3 is 0 Å². The van der Waals surface area contributed by atoms with Crippen molar-refractivity contribution < 1.29 is 13.9 Å². The fourth-order valence-electron chi connectivity index (χ4n) is 1.71. The van der Waals surface area contributed by atoms with E-state index in [2.05, 4.69) is 5.32 Å². The lowest BCUT2D eigenvalue weighted by Gasteiger charge is -2.08. The number of ether oxygens (including phenoxy) is 1. The van der Waals surface area contributed by atoms with E-state index in [-0.39, 0.29) is 18.1 Å². The predicted molar refractivity (Wildman–Crippen MR) is 75.4 cm³/mol. The Hall–Kier alpha value is -2.63. The van der Waals surface area contributed by atoms with E-state index in [4.69, 9.17) is 4.74 Å². The van der Waals surface area contributed by atoms with Crippen molar-refractivity contribution >= 4 is 5.91 Å². The van der Waals surface area contributed by atoms with Crippen LogP contribution in [0.1, 0.15) is 5.56 Å². The molecular formula is C15H15FN2O3. The molecule has 5 nitrogen and oxygen atoms in total. The third-order valence-corrected chi connectivity index (χ3v) is 2.80. The van der Waals surface area contributed by atoms with Crippen LogP contribution in [-0.2, 0) is 18.4 Å². The lowest BCUT2D eigenvalue weighted by Crippen LogP contribution is -2.29. The minimum atomic E-state index is -0.418. The molecule has 1 heterocycles. The van der Waals surface area contributed by atoms with Gasteiger partial charge in [-0.05, 0) is 17.7 Å². The molecule has 0 saturated carbocycles. The van der Waals surface area contributed by atoms with E-state index in [9.17, 15) is 14.0 Å². The quantitative estimate of drug-likeness (QED) is 0.900. The number of aryl methyl sites for hydroxylation is 1. The summed E-state index contributed by atoms with van der Waals surface area (Å²) in [5.41, 5.74) is 0.690. The van der Waals surface area contributed by atoms with Crippen molar-refractivity contribution in [2.45, 2.75) is 6.54 Å². The molecule has 0 spiro atoms. The lowest BCUT2D eigenvalue weighted by molar-refractivity contribution is -0.123. The molecular weight excluding hydrogens is 275 g/mol. The fraction of sp³-hybridized carbons (Fsp3) is 0.200. The standard InChI is InChI=1S/C15H15FN2O3/c1-18-9-11(5-6-15(18)20)8-17-14(19)10-21-13-4-2-3-12(16)7-13/h2-7,9H,8,10H2,1H3,(H,17,19). The van der Waals surface area contributed by atoms with Gasteiger partial charge in [0.25, 0.3) is 5.91 Å². The Kier molecular flexibility index (Phi) is 4.71. The van der Waals surface area contributed by atoms with E-state index in [1.54, 1.807) is 25.4 Å². The van der Waals surface area contributed by atoms with Gasteiger partial charge in [0, 0.05) is 31.9 Å². The highest BCUT2D eigenvalue weighted by Gasteiger charge is 2.04. The summed E-state index contributed by atoms with van der Waals surface area (Å²) in [4.78, 5) is 22.8. The summed E-state index contributed by atoms with van der Waals surface area (Å²) in [7, 11) is 1.64. The number of rotatable bonds is 5. The number of carbonyl (C=O) groups excluding carboxylic acids is 1. The second-order valence-corrected chi connectivity index (χ2v) is 4.51. The molecule has 0 fully saturated rings. The monoisotopic (exact) mass is 290 g/mol. The summed E-state index contributed by atoms with van der Waals surface area (Å²) in [6.07, 6.45) is 1.65. The lowest BCUT2D eigenvalue weighted by atomic mass is 10.3. The maximum absolute atomic E-state index is 12.9. The van der Waals surface area contributed by atoms with Crippen LogP contribution < -0.4 is 15.6 Å². The van der Waals surface area contributed by atoms with Gasteiger partial charge < -0.3 is 14.6 Å². The summed E-state index contributed by atoms with van der Waals surface area (Å²) in [5, 5.41) is 2.66. The van der Waals surface area contributed by atoms with Crippen LogP contribution in [0.4, 0.5) is 4.39 Å². The maximum atomic E-state index is 12.9. The smallest absolute Gasteiger partial charge is 0.258 e. The van der Waals surface area contributed by atoms with Crippen LogP contribution in [0.25, 0.3) is 0 Å². The van der Waals surface area contributed by atoms with E-state index in [1.165, 1.54) is 28.8 Å². The molecule has 0 atom stereocenters. The molecule has 0 unspecified atom stereocenters. The molecule has 21 heavy (non-hydrogen) atoms. The second kappa shape index (κ2) is 6.69. The summed E-state index contributed by atoms with van der Waals surface area (Å²) < 4.78 is 19.5. The van der Waals surface area contributed by atoms with Gasteiger partial charge in [0.15, 0.2) is 6.61 Å². The number of aromatic nitrogens is 1. The molecule has 1 N–H and O–H groups in total. The number of nitrogens with one attached hydrogen (secondary N) is 1. The van der Waals surface area contributed by atoms with Gasteiger partial charge in [-0.1, -0.05) is 12.1 Å². The summed E-state index contributed by atoms with van der Waals surface area (Å²) in [6.45, 7) is 0.0919. The van der Waals surface area contributed by atoms with E-state index >= 15 is 0 Å². The number of nitrogens with zero attached hydrogens (tertiary/aromatic N) is 1. The minimum Gasteiger partial charge on any atom is -0.484 e. The summed E-state index contributed by atoms with van der Waals surface area (Å²) in [5.74, 6) is -0.446. The predicted octanol–water partition coefficient (Wildman–Crippen LogP) is 1.22. The van der Waals surface area contributed by atoms with Crippen molar-refractivity contribution in [3.05, 3.63) is 64.3 Å². The molecule has 0 radical (unpaired) electrons. The van der Waals surface area contributed by atoms with Crippen LogP contribution in [0.5, 0.6) is 5.75 Å². The molecule has 0 bridgehead atoms. The van der Waals surface area contributed by atoms with Crippen LogP contribution in [0.2, 0.25) is 0 Å². The Labute approximate surface area is 121 Å². The number of hydrogen-bond acceptors (Lipinski definition) is 3. The van der Waals surface area contributed by atoms with Gasteiger partial charge in [-0.15, -0.1) is 0 Å². The van der Waals surface area contributed by atoms with Gasteiger partial charge in [-0.3, -0.25) is 9.59 Å². The van der Waals surface area contributed by atoms with Crippen molar-refractivity contribution in [3.63, 3.8) is 0 Å². The van der Waals surface area contributed by atoms with E-state index < -0.39 is 5.82 Å². The topological polar surface area (TPSA) is 60.3 Å². The fourth-order valence-corrected chi connectivity index (χ4v) is 1.71. The van der Waals surface area contributed by atoms with Crippen molar-refractivity contribution in [1.29, 1.82) is 0 Å². The van der Waals surface area contributed by atoms with Crippen LogP contribution in [0.3, 0.4) is 0 Å². The van der Waals surface area contributed by atoms with Crippen LogP contribution in [0.15, 0.2) is 47.4 Å². The minimum absolute atomic E-state index is 0.112. The highest BCUT2D eigenvalue weighted by Crippen LogP contribution is 2.11. The molecule has 0 aliphatic heterocycles. The molecule has 2 rings (SSSR count). The highest BCUT2D eigenvalue weighted by atomic mass is 19.1. The molecule has 0 saturated heterocycles. The molecule has 1 amide bonds. The third kappa shape index (κ3) is 4.45. The number of pyridine rings is 1. The molecule has 1 aromatic heterocycles. The first-order valence-corrected chi connectivity index (χ1v) is 6.35. The zero-order valence-electron chi connectivity index (χ0n) is 11.5. The van der Waals surface area contributed by atoms with E-state index in [0.717, 1.165) is 5.56 Å². The molecule has 6 heteroatoms. The average molecular weight is 290 g/mol. The van der Waals surface area contributed by atoms with Gasteiger partial charge in [0.2, 0.25) is 5.56 Å². The molecule has 1 aromatic carbocycles. The second-order valence-electron chi connectivity index (χ2n) is 4.51. The number of benzene rings is 1. The Morgan fingerprint density at radius 3 is 2.86 bits per heavy atom. The van der Waals surface area contributed by atoms with Crippen LogP contribution in [-0.4, -0.2) is 17.1 Å². The first-order chi connectivity index (χ1) is 10.0. The molecule has 0 aliphatic carbocycles. The summed E-state index contributed by atoms with van der Waals surface area (Å²) in [6, 6.07) is 8.67. The van der Waals surface area contributed by atoms with Gasteiger partial charge in [-0.25, -0.2) is 4.39 Å². The van der Waals surface area contributed by atoms with E-state index in [0.29, 0.717) is 12.3 Å². The number of carbonyl (C=O) groups is 1. The first kappa shape index (κ1) is 14.8. The zero-order valence-corrected chi connectivity index (χ0v) is 11.5. The normalized spacial score (nSPS) is 10.2. The molecule has 110 valence electrons. The Morgan fingerprint density at radius 2 is 2.14 bits per heavy atom. The first-order valence-electron chi connectivity index (χ1n) is 6.35. The SMILES string of the molecule is Cn1cc(CNC(=O)COc2cccc(F)c2)ccc1=O. The Bertz CT molecular complexity index is 697. The number of amides is 1. The van der Waals surface area contributed by atoms with Crippen LogP contribution >= 0.6 is 0 Å². The van der Waals surface area contributed by atoms with Gasteiger partial charge in [0.1, 0.15) is 11.6 Å². The Morgan fingerprint density at radius 1 is 1.33 bits per heavy atom. The largest absolute Gasteiger partial charge is 0.484 e. The van der Waals surface area contributed by atoms with E-state index in [1.807, 2.05) is 0 Å². The maximum Gasteiger partial charge on any atom is 0.258 e. The van der Waals surface area contributed by atoms with Gasteiger partial charge in [-0.2, -0.15) is 0 Å². The number of halogens is 1. The van der Waals surface area contributed by atoms with Crippen molar-refractivity contribution in [1.82, 2.24) is 9.88 Å². The van der Waals surface area contributed by atoms with Crippen molar-refractivity contribution in [3.8, 4) is 5.75 Å². The number of hydrogen-bond donors (Lipinski definition) is 1. The van der Waals surface area contributed by atoms with Crippen LogP contribution in [0, 0.1) is 5.82 Å². The highest BCUT2D eigenvalue weighted by molar-refractivity contribution is 5.77. The van der Waals surface area contributed by atoms with Gasteiger partial charge in [0.05, 0.1) is 0 Å². The molecule has 2 aromatic rings. The van der Waals surface area contributed by atoms with Crippen molar-refractivity contribution in [2.75, 3.05) is 6.61 Å². The third-order valence-electron chi connectivity index (χ3n) is 2.80. The molecule has 0 aliphatic rings. The average Bonchev–Trinajstić information content (AvgIpc) is 2.46. The van der Waals surface area contributed by atoms with Crippen molar-refractivity contribution in [2.24, 2.45) is 7.05 Å². The summed E-state index contributed by atoms with van der Waals surface area (Å²) >= 11 is 0. The zero-order chi connectivity index (χ0) is 15.2. The Balaban J connectivity index is 1.82.